The first-order valence-electron chi connectivity index (χ1n) is 15.5. The van der Waals surface area contributed by atoms with E-state index >= 15 is 0 Å². The van der Waals surface area contributed by atoms with Crippen LogP contribution in [-0.2, 0) is 20.7 Å². The molecule has 0 spiro atoms. The first-order valence-corrected chi connectivity index (χ1v) is 15.5. The highest BCUT2D eigenvalue weighted by Gasteiger charge is 2.14. The Morgan fingerprint density at radius 2 is 1.32 bits per heavy atom. The van der Waals surface area contributed by atoms with Crippen LogP contribution in [0.4, 0.5) is 0 Å². The van der Waals surface area contributed by atoms with Gasteiger partial charge in [0.25, 0.3) is 0 Å². The Hall–Kier alpha value is -5.28. The van der Waals surface area contributed by atoms with Crippen molar-refractivity contribution in [3.05, 3.63) is 115 Å². The molecule has 9 nitrogen and oxygen atoms in total. The standard InChI is InChI=1S/C38H40O9/c1-4-28-24-34(45-27-44-33-17-15-32(16-18-33)43-22-10-8-7-9-21-42-26-41-6-3)19-20-36(28)47-38(40)31-12-11-30-25-35(46-37(39)5-2)14-13-29(30)23-31/h5-6,11-20,23-25H,2-4,7-10,21-22,26-27H2,1H3. The first kappa shape index (κ1) is 34.6. The van der Waals surface area contributed by atoms with Gasteiger partial charge in [-0.05, 0) is 109 Å². The van der Waals surface area contributed by atoms with Crippen LogP contribution >= 0.6 is 0 Å². The van der Waals surface area contributed by atoms with E-state index in [-0.39, 0.29) is 13.6 Å². The number of fused-ring (bicyclic) bond motifs is 1. The Balaban J connectivity index is 1.20. The van der Waals surface area contributed by atoms with E-state index in [4.69, 9.17) is 33.2 Å². The number of benzene rings is 4. The zero-order valence-corrected chi connectivity index (χ0v) is 26.6. The van der Waals surface area contributed by atoms with Gasteiger partial charge in [0, 0.05) is 6.08 Å². The molecular weight excluding hydrogens is 600 g/mol. The van der Waals surface area contributed by atoms with Gasteiger partial charge < -0.3 is 33.2 Å². The third-order valence-electron chi connectivity index (χ3n) is 7.04. The van der Waals surface area contributed by atoms with Crippen LogP contribution in [0.3, 0.4) is 0 Å². The Kier molecular flexibility index (Phi) is 13.7. The van der Waals surface area contributed by atoms with Crippen LogP contribution in [0, 0.1) is 0 Å². The quantitative estimate of drug-likeness (QED) is 0.0236. The minimum absolute atomic E-state index is 0.0114. The maximum atomic E-state index is 13.0. The second kappa shape index (κ2) is 18.6. The molecule has 246 valence electrons. The van der Waals surface area contributed by atoms with Gasteiger partial charge in [-0.1, -0.05) is 38.6 Å². The van der Waals surface area contributed by atoms with E-state index in [0.29, 0.717) is 48.2 Å². The van der Waals surface area contributed by atoms with Crippen LogP contribution in [0.5, 0.6) is 28.7 Å². The molecule has 0 aliphatic rings. The molecule has 0 radical (unpaired) electrons. The summed E-state index contributed by atoms with van der Waals surface area (Å²) >= 11 is 0. The molecule has 9 heteroatoms. The molecular formula is C38H40O9. The number of rotatable bonds is 20. The highest BCUT2D eigenvalue weighted by molar-refractivity contribution is 5.97. The third-order valence-corrected chi connectivity index (χ3v) is 7.04. The lowest BCUT2D eigenvalue weighted by Gasteiger charge is -2.13. The lowest BCUT2D eigenvalue weighted by atomic mass is 10.1. The second-order valence-electron chi connectivity index (χ2n) is 10.4. The number of carbonyl (C=O) groups excluding carboxylic acids is 2. The maximum absolute atomic E-state index is 13.0. The fourth-order valence-electron chi connectivity index (χ4n) is 4.55. The van der Waals surface area contributed by atoms with E-state index in [1.165, 1.54) is 6.26 Å². The number of aryl methyl sites for hydroxylation is 1. The average molecular weight is 641 g/mol. The molecule has 0 N–H and O–H groups in total. The molecule has 4 aromatic rings. The van der Waals surface area contributed by atoms with Gasteiger partial charge in [0.05, 0.1) is 25.0 Å². The first-order chi connectivity index (χ1) is 23.0. The zero-order valence-electron chi connectivity index (χ0n) is 26.6. The summed E-state index contributed by atoms with van der Waals surface area (Å²) in [5.74, 6) is 1.86. The van der Waals surface area contributed by atoms with Gasteiger partial charge in [0.2, 0.25) is 6.79 Å². The van der Waals surface area contributed by atoms with Crippen molar-refractivity contribution in [2.75, 3.05) is 26.8 Å². The topological polar surface area (TPSA) is 98.8 Å². The third kappa shape index (κ3) is 11.2. The molecule has 4 aromatic carbocycles. The summed E-state index contributed by atoms with van der Waals surface area (Å²) in [6, 6.07) is 23.0. The van der Waals surface area contributed by atoms with Crippen LogP contribution in [0.25, 0.3) is 10.8 Å². The summed E-state index contributed by atoms with van der Waals surface area (Å²) in [7, 11) is 0. The predicted molar refractivity (Wildman–Crippen MR) is 179 cm³/mol. The van der Waals surface area contributed by atoms with Gasteiger partial charge >= 0.3 is 11.9 Å². The van der Waals surface area contributed by atoms with Gasteiger partial charge in [0.1, 0.15) is 28.7 Å². The molecule has 0 fully saturated rings. The van der Waals surface area contributed by atoms with Crippen molar-refractivity contribution in [1.29, 1.82) is 0 Å². The molecule has 0 bridgehead atoms. The molecule has 4 rings (SSSR count). The molecule has 0 aromatic heterocycles. The van der Waals surface area contributed by atoms with Crippen molar-refractivity contribution in [3.63, 3.8) is 0 Å². The number of ether oxygens (including phenoxy) is 7. The summed E-state index contributed by atoms with van der Waals surface area (Å²) in [6.07, 6.45) is 7.20. The van der Waals surface area contributed by atoms with Gasteiger partial charge in [-0.25, -0.2) is 9.59 Å². The van der Waals surface area contributed by atoms with Crippen molar-refractivity contribution < 1.29 is 42.7 Å². The smallest absolute Gasteiger partial charge is 0.343 e. The normalized spacial score (nSPS) is 10.6. The summed E-state index contributed by atoms with van der Waals surface area (Å²) < 4.78 is 38.5. The highest BCUT2D eigenvalue weighted by atomic mass is 16.7. The second-order valence-corrected chi connectivity index (χ2v) is 10.4. The van der Waals surface area contributed by atoms with Crippen molar-refractivity contribution in [2.45, 2.75) is 39.0 Å². The van der Waals surface area contributed by atoms with Crippen LogP contribution in [0.15, 0.2) is 104 Å². The van der Waals surface area contributed by atoms with Crippen LogP contribution < -0.4 is 23.7 Å². The fourth-order valence-corrected chi connectivity index (χ4v) is 4.55. The molecule has 0 saturated heterocycles. The lowest BCUT2D eigenvalue weighted by Crippen LogP contribution is -2.10. The Morgan fingerprint density at radius 1 is 0.660 bits per heavy atom. The molecule has 0 saturated carbocycles. The minimum atomic E-state index is -0.538. The van der Waals surface area contributed by atoms with Crippen molar-refractivity contribution in [2.24, 2.45) is 0 Å². The zero-order chi connectivity index (χ0) is 33.3. The van der Waals surface area contributed by atoms with E-state index in [1.54, 1.807) is 48.5 Å². The number of hydrogen-bond donors (Lipinski definition) is 0. The SMILES string of the molecule is C=COCOCCCCCCOc1ccc(OCOc2ccc(OC(=O)c3ccc4cc(OC(=O)C=C)ccc4c3)c(CC)c2)cc1. The van der Waals surface area contributed by atoms with E-state index in [0.717, 1.165) is 53.8 Å². The molecule has 0 aliphatic carbocycles. The Bertz CT molecular complexity index is 1630. The number of hydrogen-bond acceptors (Lipinski definition) is 9. The predicted octanol–water partition coefficient (Wildman–Crippen LogP) is 8.20. The average Bonchev–Trinajstić information content (AvgIpc) is 3.09. The molecule has 47 heavy (non-hydrogen) atoms. The Labute approximate surface area is 275 Å². The van der Waals surface area contributed by atoms with Crippen LogP contribution in [-0.4, -0.2) is 38.7 Å². The Morgan fingerprint density at radius 3 is 2.06 bits per heavy atom. The summed E-state index contributed by atoms with van der Waals surface area (Å²) in [6.45, 7) is 10.4. The van der Waals surface area contributed by atoms with E-state index in [2.05, 4.69) is 13.2 Å². The van der Waals surface area contributed by atoms with Crippen molar-refractivity contribution in [3.8, 4) is 28.7 Å². The number of carbonyl (C=O) groups is 2. The summed E-state index contributed by atoms with van der Waals surface area (Å²) in [5.41, 5.74) is 1.21. The summed E-state index contributed by atoms with van der Waals surface area (Å²) in [4.78, 5) is 24.5. The van der Waals surface area contributed by atoms with Crippen molar-refractivity contribution in [1.82, 2.24) is 0 Å². The van der Waals surface area contributed by atoms with E-state index < -0.39 is 11.9 Å². The molecule has 0 amide bonds. The number of esters is 2. The molecule has 0 aliphatic heterocycles. The molecule has 0 unspecified atom stereocenters. The lowest BCUT2D eigenvalue weighted by molar-refractivity contribution is -0.128. The van der Waals surface area contributed by atoms with Crippen LogP contribution in [0.1, 0.15) is 48.5 Å². The highest BCUT2D eigenvalue weighted by Crippen LogP contribution is 2.28. The van der Waals surface area contributed by atoms with Crippen molar-refractivity contribution >= 4 is 22.7 Å². The molecule has 0 heterocycles. The van der Waals surface area contributed by atoms with Gasteiger partial charge in [0.15, 0.2) is 6.79 Å². The van der Waals surface area contributed by atoms with E-state index in [1.807, 2.05) is 37.3 Å². The van der Waals surface area contributed by atoms with Gasteiger partial charge in [-0.2, -0.15) is 0 Å². The van der Waals surface area contributed by atoms with Gasteiger partial charge in [-0.3, -0.25) is 0 Å². The van der Waals surface area contributed by atoms with E-state index in [9.17, 15) is 9.59 Å². The summed E-state index contributed by atoms with van der Waals surface area (Å²) in [5, 5.41) is 1.62. The largest absolute Gasteiger partial charge is 0.494 e. The fraction of sp³-hybridized carbons (Fsp3) is 0.263. The number of unbranched alkanes of at least 4 members (excludes halogenated alkanes) is 3. The monoisotopic (exact) mass is 640 g/mol. The minimum Gasteiger partial charge on any atom is -0.494 e. The molecule has 0 atom stereocenters. The maximum Gasteiger partial charge on any atom is 0.343 e. The van der Waals surface area contributed by atoms with Gasteiger partial charge in [-0.15, -0.1) is 0 Å². The van der Waals surface area contributed by atoms with Crippen LogP contribution in [0.2, 0.25) is 0 Å².